The van der Waals surface area contributed by atoms with E-state index in [0.29, 0.717) is 0 Å². The first-order valence-corrected chi connectivity index (χ1v) is 17.9. The lowest BCUT2D eigenvalue weighted by Gasteiger charge is -2.26. The smallest absolute Gasteiger partial charge is 0.0485 e. The third-order valence-electron chi connectivity index (χ3n) is 9.74. The Morgan fingerprint density at radius 3 is 0.846 bits per heavy atom. The molecule has 0 unspecified atom stereocenters. The first-order chi connectivity index (χ1) is 25.4. The fourth-order valence-corrected chi connectivity index (χ4v) is 7.27. The first-order valence-electron chi connectivity index (χ1n) is 17.9. The Balaban J connectivity index is 1.08. The molecule has 0 saturated carbocycles. The molecule has 0 bridgehead atoms. The molecule has 0 aliphatic carbocycles. The summed E-state index contributed by atoms with van der Waals surface area (Å²) >= 11 is 0. The van der Waals surface area contributed by atoms with Gasteiger partial charge in [-0.25, -0.2) is 0 Å². The molecule has 254 valence electrons. The van der Waals surface area contributed by atoms with Gasteiger partial charge in [-0.3, -0.25) is 0 Å². The van der Waals surface area contributed by atoms with Crippen LogP contribution in [0.25, 0.3) is 33.6 Å². The molecule has 2 N–H and O–H groups in total. The van der Waals surface area contributed by atoms with E-state index in [-0.39, 0.29) is 0 Å². The van der Waals surface area contributed by atoms with Crippen molar-refractivity contribution in [2.24, 2.45) is 0 Å². The molecule has 8 rings (SSSR count). The molecule has 0 amide bonds. The van der Waals surface area contributed by atoms with E-state index in [1.54, 1.807) is 0 Å². The monoisotopic (exact) mass is 674 g/mol. The van der Waals surface area contributed by atoms with Crippen molar-refractivity contribution in [3.8, 4) is 33.6 Å². The SMILES string of the molecule is Cc1cc(C)c(-c2ccc(N(c3ccccc3)c3ccc(-c4ccc(N(c5ccccc5)c5ccc(-c6[nH]c(C)cc6C)cc5)cc4)cc3)cc2)[nH]1. The molecule has 0 aliphatic heterocycles. The first kappa shape index (κ1) is 32.7. The molecule has 0 fully saturated rings. The van der Waals surface area contributed by atoms with E-state index in [9.17, 15) is 0 Å². The van der Waals surface area contributed by atoms with E-state index in [0.717, 1.165) is 34.1 Å². The van der Waals surface area contributed by atoms with Crippen LogP contribution in [-0.4, -0.2) is 9.97 Å². The van der Waals surface area contributed by atoms with Crippen LogP contribution in [0.4, 0.5) is 34.1 Å². The van der Waals surface area contributed by atoms with Gasteiger partial charge in [-0.05, 0) is 146 Å². The maximum absolute atomic E-state index is 3.51. The summed E-state index contributed by atoms with van der Waals surface area (Å²) in [5, 5.41) is 0. The highest BCUT2D eigenvalue weighted by atomic mass is 15.1. The highest BCUT2D eigenvalue weighted by molar-refractivity contribution is 5.82. The summed E-state index contributed by atoms with van der Waals surface area (Å²) in [5.41, 5.74) is 18.6. The van der Waals surface area contributed by atoms with E-state index in [1.165, 1.54) is 56.2 Å². The minimum absolute atomic E-state index is 1.11. The number of aryl methyl sites for hydroxylation is 4. The van der Waals surface area contributed by atoms with Crippen LogP contribution < -0.4 is 9.80 Å². The summed E-state index contributed by atoms with van der Waals surface area (Å²) < 4.78 is 0. The highest BCUT2D eigenvalue weighted by Crippen LogP contribution is 2.39. The molecule has 2 aromatic heterocycles. The van der Waals surface area contributed by atoms with Gasteiger partial charge in [0.2, 0.25) is 0 Å². The van der Waals surface area contributed by atoms with Gasteiger partial charge in [-0.1, -0.05) is 84.9 Å². The van der Waals surface area contributed by atoms with Gasteiger partial charge in [0, 0.05) is 56.9 Å². The van der Waals surface area contributed by atoms with Crippen LogP contribution in [0.5, 0.6) is 0 Å². The summed E-state index contributed by atoms with van der Waals surface area (Å²) in [5.74, 6) is 0. The van der Waals surface area contributed by atoms with Crippen molar-refractivity contribution < 1.29 is 0 Å². The standard InChI is InChI=1S/C48H42N4/c1-33-31-35(3)49-47(33)39-19-27-45(28-20-39)51(41-11-7-5-8-12-41)43-23-15-37(16-24-43)38-17-25-44(26-18-38)52(42-13-9-6-10-14-42)46-29-21-40(22-30-46)48-34(2)32-36(4)50-48/h5-32,49-50H,1-4H3. The molecule has 4 nitrogen and oxygen atoms in total. The number of H-pyrrole nitrogens is 2. The third kappa shape index (κ3) is 6.55. The number of hydrogen-bond donors (Lipinski definition) is 2. The number of hydrogen-bond acceptors (Lipinski definition) is 2. The Morgan fingerprint density at radius 1 is 0.308 bits per heavy atom. The van der Waals surface area contributed by atoms with Crippen molar-refractivity contribution in [2.45, 2.75) is 27.7 Å². The van der Waals surface area contributed by atoms with Crippen molar-refractivity contribution >= 4 is 34.1 Å². The summed E-state index contributed by atoms with van der Waals surface area (Å²) in [4.78, 5) is 11.6. The fourth-order valence-electron chi connectivity index (χ4n) is 7.27. The van der Waals surface area contributed by atoms with Crippen LogP contribution in [0.1, 0.15) is 22.5 Å². The van der Waals surface area contributed by atoms with E-state index < -0.39 is 0 Å². The largest absolute Gasteiger partial charge is 0.358 e. The number of benzene rings is 6. The lowest BCUT2D eigenvalue weighted by Crippen LogP contribution is -2.10. The van der Waals surface area contributed by atoms with Crippen LogP contribution in [-0.2, 0) is 0 Å². The van der Waals surface area contributed by atoms with Crippen LogP contribution in [0, 0.1) is 27.7 Å². The minimum atomic E-state index is 1.11. The predicted molar refractivity (Wildman–Crippen MR) is 220 cm³/mol. The average molecular weight is 675 g/mol. The molecule has 0 atom stereocenters. The quantitative estimate of drug-likeness (QED) is 0.160. The maximum atomic E-state index is 3.51. The van der Waals surface area contributed by atoms with Crippen LogP contribution in [0.15, 0.2) is 170 Å². The van der Waals surface area contributed by atoms with Gasteiger partial charge in [0.25, 0.3) is 0 Å². The van der Waals surface area contributed by atoms with E-state index in [4.69, 9.17) is 0 Å². The molecule has 0 spiro atoms. The lowest BCUT2D eigenvalue weighted by molar-refractivity contribution is 1.26. The average Bonchev–Trinajstić information content (AvgIpc) is 3.71. The summed E-state index contributed by atoms with van der Waals surface area (Å²) in [6.45, 7) is 8.52. The second-order valence-corrected chi connectivity index (χ2v) is 13.6. The Labute approximate surface area is 306 Å². The third-order valence-corrected chi connectivity index (χ3v) is 9.74. The van der Waals surface area contributed by atoms with E-state index in [1.807, 2.05) is 0 Å². The predicted octanol–water partition coefficient (Wildman–Crippen LogP) is 13.5. The van der Waals surface area contributed by atoms with Gasteiger partial charge in [-0.2, -0.15) is 0 Å². The zero-order valence-corrected chi connectivity index (χ0v) is 30.1. The van der Waals surface area contributed by atoms with Gasteiger partial charge in [0.15, 0.2) is 0 Å². The van der Waals surface area contributed by atoms with Crippen molar-refractivity contribution in [3.05, 3.63) is 192 Å². The van der Waals surface area contributed by atoms with Crippen LogP contribution in [0.3, 0.4) is 0 Å². The Morgan fingerprint density at radius 2 is 0.577 bits per heavy atom. The van der Waals surface area contributed by atoms with E-state index in [2.05, 4.69) is 217 Å². The summed E-state index contributed by atoms with van der Waals surface area (Å²) in [7, 11) is 0. The van der Waals surface area contributed by atoms with Gasteiger partial charge in [0.05, 0.1) is 0 Å². The number of para-hydroxylation sites is 2. The van der Waals surface area contributed by atoms with Gasteiger partial charge >= 0.3 is 0 Å². The van der Waals surface area contributed by atoms with Crippen molar-refractivity contribution in [3.63, 3.8) is 0 Å². The number of aromatic nitrogens is 2. The number of nitrogens with one attached hydrogen (secondary N) is 2. The van der Waals surface area contributed by atoms with E-state index >= 15 is 0 Å². The molecule has 52 heavy (non-hydrogen) atoms. The fraction of sp³-hybridized carbons (Fsp3) is 0.0833. The molecule has 4 heteroatoms. The summed E-state index contributed by atoms with van der Waals surface area (Å²) in [6.07, 6.45) is 0. The van der Waals surface area contributed by atoms with Gasteiger partial charge < -0.3 is 19.8 Å². The number of aromatic amines is 2. The Bertz CT molecular complexity index is 2230. The topological polar surface area (TPSA) is 38.1 Å². The van der Waals surface area contributed by atoms with Crippen LogP contribution >= 0.6 is 0 Å². The summed E-state index contributed by atoms with van der Waals surface area (Å²) in [6, 6.07) is 60.9. The second kappa shape index (κ2) is 14.0. The molecular weight excluding hydrogens is 633 g/mol. The van der Waals surface area contributed by atoms with Crippen LogP contribution in [0.2, 0.25) is 0 Å². The van der Waals surface area contributed by atoms with Gasteiger partial charge in [0.1, 0.15) is 0 Å². The molecule has 6 aromatic carbocycles. The van der Waals surface area contributed by atoms with Gasteiger partial charge in [-0.15, -0.1) is 0 Å². The molecule has 0 aliphatic rings. The zero-order chi connectivity index (χ0) is 35.6. The normalized spacial score (nSPS) is 11.1. The Hall–Kier alpha value is -6.52. The maximum Gasteiger partial charge on any atom is 0.0485 e. The Kier molecular flexibility index (Phi) is 8.80. The van der Waals surface area contributed by atoms with Crippen molar-refractivity contribution in [1.82, 2.24) is 9.97 Å². The molecule has 0 radical (unpaired) electrons. The minimum Gasteiger partial charge on any atom is -0.358 e. The number of anilines is 6. The van der Waals surface area contributed by atoms with Crippen molar-refractivity contribution in [1.29, 1.82) is 0 Å². The molecule has 2 heterocycles. The second-order valence-electron chi connectivity index (χ2n) is 13.6. The number of nitrogens with zero attached hydrogens (tertiary/aromatic N) is 2. The lowest BCUT2D eigenvalue weighted by atomic mass is 10.0. The number of rotatable bonds is 9. The zero-order valence-electron chi connectivity index (χ0n) is 30.1. The molecule has 0 saturated heterocycles. The van der Waals surface area contributed by atoms with Crippen molar-refractivity contribution in [2.75, 3.05) is 9.80 Å². The molecule has 8 aromatic rings. The highest BCUT2D eigenvalue weighted by Gasteiger charge is 2.16. The molecular formula is C48H42N4.